The van der Waals surface area contributed by atoms with E-state index in [1.807, 2.05) is 0 Å². The van der Waals surface area contributed by atoms with Gasteiger partial charge in [0.05, 0.1) is 20.3 Å². The number of anilines is 1. The van der Waals surface area contributed by atoms with E-state index in [0.717, 1.165) is 6.42 Å². The largest absolute Gasteiger partial charge is 0.481 e. The Labute approximate surface area is 109 Å². The summed E-state index contributed by atoms with van der Waals surface area (Å²) in [7, 11) is 3.16. The number of methoxy groups -OCH3 is 2. The highest BCUT2D eigenvalue weighted by molar-refractivity contribution is 5.34. The van der Waals surface area contributed by atoms with Crippen molar-refractivity contribution in [2.75, 3.05) is 19.5 Å². The second-order valence-corrected chi connectivity index (χ2v) is 4.32. The van der Waals surface area contributed by atoms with E-state index in [2.05, 4.69) is 29.1 Å². The van der Waals surface area contributed by atoms with Gasteiger partial charge in [-0.15, -0.1) is 0 Å². The van der Waals surface area contributed by atoms with Gasteiger partial charge in [-0.25, -0.2) is 0 Å². The second kappa shape index (κ2) is 7.74. The van der Waals surface area contributed by atoms with Gasteiger partial charge in [-0.05, 0) is 13.3 Å². The third-order valence-electron chi connectivity index (χ3n) is 2.71. The first-order valence-corrected chi connectivity index (χ1v) is 6.43. The number of rotatable bonds is 8. The van der Waals surface area contributed by atoms with Gasteiger partial charge in [-0.1, -0.05) is 26.2 Å². The molecule has 1 aromatic heterocycles. The van der Waals surface area contributed by atoms with E-state index in [4.69, 9.17) is 9.47 Å². The Morgan fingerprint density at radius 1 is 1.17 bits per heavy atom. The fourth-order valence-electron chi connectivity index (χ4n) is 1.67. The lowest BCUT2D eigenvalue weighted by Crippen LogP contribution is -2.17. The van der Waals surface area contributed by atoms with Crippen LogP contribution in [-0.2, 0) is 0 Å². The molecule has 0 amide bonds. The Hall–Kier alpha value is -1.52. The predicted octanol–water partition coefficient (Wildman–Crippen LogP) is 2.87. The zero-order chi connectivity index (χ0) is 13.4. The van der Waals surface area contributed by atoms with Crippen LogP contribution >= 0.6 is 0 Å². The summed E-state index contributed by atoms with van der Waals surface area (Å²) in [6.45, 7) is 4.33. The van der Waals surface area contributed by atoms with Crippen molar-refractivity contribution in [1.29, 1.82) is 0 Å². The summed E-state index contributed by atoms with van der Waals surface area (Å²) in [5.41, 5.74) is 0. The Morgan fingerprint density at radius 2 is 1.78 bits per heavy atom. The first-order valence-electron chi connectivity index (χ1n) is 6.43. The average Bonchev–Trinajstić information content (AvgIpc) is 2.38. The summed E-state index contributed by atoms with van der Waals surface area (Å²) in [6.07, 6.45) is 4.81. The third-order valence-corrected chi connectivity index (χ3v) is 2.71. The van der Waals surface area contributed by atoms with Crippen LogP contribution in [0.3, 0.4) is 0 Å². The molecule has 0 fully saturated rings. The number of aromatic nitrogens is 2. The smallest absolute Gasteiger partial charge is 0.229 e. The van der Waals surface area contributed by atoms with Crippen LogP contribution in [-0.4, -0.2) is 30.2 Å². The van der Waals surface area contributed by atoms with Gasteiger partial charge >= 0.3 is 0 Å². The van der Waals surface area contributed by atoms with Crippen molar-refractivity contribution < 1.29 is 9.47 Å². The van der Waals surface area contributed by atoms with Gasteiger partial charge in [0.15, 0.2) is 0 Å². The molecule has 0 aliphatic heterocycles. The number of hydrogen-bond acceptors (Lipinski definition) is 5. The molecule has 0 saturated heterocycles. The molecule has 1 heterocycles. The van der Waals surface area contributed by atoms with E-state index < -0.39 is 0 Å². The molecule has 1 aromatic rings. The van der Waals surface area contributed by atoms with Crippen molar-refractivity contribution >= 4 is 5.95 Å². The first kappa shape index (κ1) is 14.5. The van der Waals surface area contributed by atoms with Crippen molar-refractivity contribution in [3.63, 3.8) is 0 Å². The minimum absolute atomic E-state index is 0.341. The molecule has 1 N–H and O–H groups in total. The highest BCUT2D eigenvalue weighted by Gasteiger charge is 2.08. The van der Waals surface area contributed by atoms with E-state index in [1.165, 1.54) is 19.3 Å². The molecule has 1 atom stereocenters. The molecule has 0 aliphatic rings. The van der Waals surface area contributed by atoms with Gasteiger partial charge in [-0.2, -0.15) is 9.97 Å². The zero-order valence-corrected chi connectivity index (χ0v) is 11.7. The van der Waals surface area contributed by atoms with Gasteiger partial charge in [-0.3, -0.25) is 0 Å². The van der Waals surface area contributed by atoms with Crippen LogP contribution in [0.15, 0.2) is 6.07 Å². The van der Waals surface area contributed by atoms with Gasteiger partial charge in [0.25, 0.3) is 0 Å². The minimum Gasteiger partial charge on any atom is -0.481 e. The molecule has 5 heteroatoms. The minimum atomic E-state index is 0.341. The summed E-state index contributed by atoms with van der Waals surface area (Å²) in [5, 5.41) is 3.27. The third kappa shape index (κ3) is 4.77. The monoisotopic (exact) mass is 253 g/mol. The Morgan fingerprint density at radius 3 is 2.28 bits per heavy atom. The van der Waals surface area contributed by atoms with E-state index >= 15 is 0 Å². The van der Waals surface area contributed by atoms with Gasteiger partial charge in [0.2, 0.25) is 17.7 Å². The van der Waals surface area contributed by atoms with Gasteiger partial charge < -0.3 is 14.8 Å². The topological polar surface area (TPSA) is 56.3 Å². The maximum atomic E-state index is 5.11. The highest BCUT2D eigenvalue weighted by Crippen LogP contribution is 2.18. The molecule has 0 aromatic carbocycles. The number of nitrogens with zero attached hydrogens (tertiary/aromatic N) is 2. The lowest BCUT2D eigenvalue weighted by molar-refractivity contribution is 0.372. The van der Waals surface area contributed by atoms with Crippen LogP contribution in [0.5, 0.6) is 11.8 Å². The molecule has 0 bridgehead atoms. The van der Waals surface area contributed by atoms with Crippen LogP contribution in [0.1, 0.15) is 39.5 Å². The quantitative estimate of drug-likeness (QED) is 0.722. The highest BCUT2D eigenvalue weighted by atomic mass is 16.5. The SMILES string of the molecule is CCCCCC(C)Nc1nc(OC)cc(OC)n1. The summed E-state index contributed by atoms with van der Waals surface area (Å²) >= 11 is 0. The normalized spacial score (nSPS) is 12.0. The molecule has 1 rings (SSSR count). The van der Waals surface area contributed by atoms with Gasteiger partial charge in [0, 0.05) is 6.04 Å². The number of unbranched alkanes of at least 4 members (excludes halogenated alkanes) is 2. The van der Waals surface area contributed by atoms with Gasteiger partial charge in [0.1, 0.15) is 0 Å². The van der Waals surface area contributed by atoms with E-state index in [0.29, 0.717) is 23.8 Å². The fraction of sp³-hybridized carbons (Fsp3) is 0.692. The Kier molecular flexibility index (Phi) is 6.25. The van der Waals surface area contributed by atoms with Crippen LogP contribution in [0.4, 0.5) is 5.95 Å². The fourth-order valence-corrected chi connectivity index (χ4v) is 1.67. The molecule has 0 aliphatic carbocycles. The number of hydrogen-bond donors (Lipinski definition) is 1. The van der Waals surface area contributed by atoms with Crippen LogP contribution in [0, 0.1) is 0 Å². The van der Waals surface area contributed by atoms with Crippen molar-refractivity contribution in [3.05, 3.63) is 6.07 Å². The van der Waals surface area contributed by atoms with Crippen LogP contribution in [0.25, 0.3) is 0 Å². The Bertz CT molecular complexity index is 336. The summed E-state index contributed by atoms with van der Waals surface area (Å²) in [5.74, 6) is 1.56. The van der Waals surface area contributed by atoms with Crippen LogP contribution < -0.4 is 14.8 Å². The first-order chi connectivity index (χ1) is 8.69. The second-order valence-electron chi connectivity index (χ2n) is 4.32. The van der Waals surface area contributed by atoms with E-state index in [1.54, 1.807) is 20.3 Å². The maximum absolute atomic E-state index is 5.11. The molecule has 18 heavy (non-hydrogen) atoms. The summed E-state index contributed by atoms with van der Waals surface area (Å²) < 4.78 is 10.2. The van der Waals surface area contributed by atoms with Crippen molar-refractivity contribution in [2.24, 2.45) is 0 Å². The van der Waals surface area contributed by atoms with Crippen molar-refractivity contribution in [2.45, 2.75) is 45.6 Å². The zero-order valence-electron chi connectivity index (χ0n) is 11.7. The molecule has 0 spiro atoms. The Balaban J connectivity index is 2.59. The van der Waals surface area contributed by atoms with E-state index in [-0.39, 0.29) is 0 Å². The molecule has 1 unspecified atom stereocenters. The average molecular weight is 253 g/mol. The summed E-state index contributed by atoms with van der Waals surface area (Å²) in [6, 6.07) is 2.00. The maximum Gasteiger partial charge on any atom is 0.229 e. The molecule has 102 valence electrons. The predicted molar refractivity (Wildman–Crippen MR) is 72.4 cm³/mol. The van der Waals surface area contributed by atoms with Crippen molar-refractivity contribution in [3.8, 4) is 11.8 Å². The number of ether oxygens (including phenoxy) is 2. The van der Waals surface area contributed by atoms with Crippen molar-refractivity contribution in [1.82, 2.24) is 9.97 Å². The molecular formula is C13H23N3O2. The lowest BCUT2D eigenvalue weighted by Gasteiger charge is -2.14. The van der Waals surface area contributed by atoms with E-state index in [9.17, 15) is 0 Å². The molecule has 0 saturated carbocycles. The standard InChI is InChI=1S/C13H23N3O2/c1-5-6-7-8-10(2)14-13-15-11(17-3)9-12(16-13)18-4/h9-10H,5-8H2,1-4H3,(H,14,15,16). The number of nitrogens with one attached hydrogen (secondary N) is 1. The molecular weight excluding hydrogens is 230 g/mol. The molecule has 5 nitrogen and oxygen atoms in total. The lowest BCUT2D eigenvalue weighted by atomic mass is 10.1. The summed E-state index contributed by atoms with van der Waals surface area (Å²) in [4.78, 5) is 8.49. The van der Waals surface area contributed by atoms with Crippen LogP contribution in [0.2, 0.25) is 0 Å². The molecule has 0 radical (unpaired) electrons.